The molecule has 1 aliphatic rings. The number of halogens is 2. The van der Waals surface area contributed by atoms with Crippen LogP contribution in [-0.4, -0.2) is 31.7 Å². The van der Waals surface area contributed by atoms with Gasteiger partial charge in [-0.2, -0.15) is 4.68 Å². The molecule has 3 aromatic rings. The van der Waals surface area contributed by atoms with Gasteiger partial charge in [0, 0.05) is 16.5 Å². The maximum atomic E-state index is 13.9. The highest BCUT2D eigenvalue weighted by atomic mass is 19.2. The molecule has 0 unspecified atom stereocenters. The summed E-state index contributed by atoms with van der Waals surface area (Å²) in [5, 5.41) is 15.2. The van der Waals surface area contributed by atoms with Gasteiger partial charge in [-0.3, -0.25) is 4.79 Å². The third kappa shape index (κ3) is 4.40. The number of rotatable bonds is 5. The van der Waals surface area contributed by atoms with Crippen LogP contribution in [0.2, 0.25) is 0 Å². The van der Waals surface area contributed by atoms with E-state index < -0.39 is 11.6 Å². The smallest absolute Gasteiger partial charge is 0.251 e. The van der Waals surface area contributed by atoms with Crippen LogP contribution in [-0.2, 0) is 5.41 Å². The van der Waals surface area contributed by atoms with Crippen molar-refractivity contribution in [2.75, 3.05) is 0 Å². The zero-order valence-corrected chi connectivity index (χ0v) is 18.9. The number of amides is 1. The van der Waals surface area contributed by atoms with Crippen molar-refractivity contribution in [3.8, 4) is 16.8 Å². The summed E-state index contributed by atoms with van der Waals surface area (Å²) in [7, 11) is 0. The Morgan fingerprint density at radius 1 is 1.00 bits per heavy atom. The van der Waals surface area contributed by atoms with Crippen molar-refractivity contribution in [3.05, 3.63) is 59.4 Å². The van der Waals surface area contributed by atoms with Gasteiger partial charge in [0.05, 0.1) is 5.69 Å². The summed E-state index contributed by atoms with van der Waals surface area (Å²) in [4.78, 5) is 13.2. The van der Waals surface area contributed by atoms with Crippen LogP contribution in [0.3, 0.4) is 0 Å². The fourth-order valence-electron chi connectivity index (χ4n) is 3.81. The van der Waals surface area contributed by atoms with Crippen LogP contribution in [0.25, 0.3) is 16.8 Å². The van der Waals surface area contributed by atoms with E-state index >= 15 is 0 Å². The molecule has 0 radical (unpaired) electrons. The molecule has 1 amide bonds. The van der Waals surface area contributed by atoms with Crippen molar-refractivity contribution < 1.29 is 13.6 Å². The molecule has 0 aliphatic heterocycles. The molecule has 168 valence electrons. The molecule has 0 spiro atoms. The Morgan fingerprint density at radius 3 is 2.34 bits per heavy atom. The van der Waals surface area contributed by atoms with E-state index in [1.165, 1.54) is 6.07 Å². The van der Waals surface area contributed by atoms with Gasteiger partial charge >= 0.3 is 0 Å². The Balaban J connectivity index is 1.83. The van der Waals surface area contributed by atoms with E-state index in [2.05, 4.69) is 20.8 Å². The molecule has 0 bridgehead atoms. The SMILES string of the molecule is CC(C)(C)c1nnnn1-c1cc(C(=O)NC(C)(C)C2CC2)cc(-c2ccc(F)c(F)c2)c1. The number of carbonyl (C=O) groups is 1. The summed E-state index contributed by atoms with van der Waals surface area (Å²) in [5.41, 5.74) is 1.29. The zero-order chi connectivity index (χ0) is 23.3. The van der Waals surface area contributed by atoms with E-state index in [9.17, 15) is 13.6 Å². The number of carbonyl (C=O) groups excluding carboxylic acids is 1. The molecule has 1 heterocycles. The second-order valence-electron chi connectivity index (χ2n) is 10.0. The van der Waals surface area contributed by atoms with Gasteiger partial charge in [0.1, 0.15) is 0 Å². The molecular formula is C24H27F2N5O. The minimum absolute atomic E-state index is 0.238. The van der Waals surface area contributed by atoms with Gasteiger partial charge in [-0.1, -0.05) is 26.8 Å². The number of aromatic nitrogens is 4. The van der Waals surface area contributed by atoms with Crippen molar-refractivity contribution in [1.29, 1.82) is 0 Å². The number of hydrogen-bond acceptors (Lipinski definition) is 4. The Morgan fingerprint density at radius 2 is 1.72 bits per heavy atom. The average molecular weight is 440 g/mol. The Labute approximate surface area is 186 Å². The zero-order valence-electron chi connectivity index (χ0n) is 18.9. The van der Waals surface area contributed by atoms with Gasteiger partial charge in [0.25, 0.3) is 5.91 Å². The molecular weight excluding hydrogens is 412 g/mol. The highest BCUT2D eigenvalue weighted by Gasteiger charge is 2.39. The molecule has 1 N–H and O–H groups in total. The number of nitrogens with one attached hydrogen (secondary N) is 1. The van der Waals surface area contributed by atoms with Crippen LogP contribution in [0.15, 0.2) is 36.4 Å². The first-order valence-electron chi connectivity index (χ1n) is 10.7. The summed E-state index contributed by atoms with van der Waals surface area (Å²) in [5.74, 6) is -1.05. The first-order valence-corrected chi connectivity index (χ1v) is 10.7. The van der Waals surface area contributed by atoms with E-state index in [1.54, 1.807) is 22.9 Å². The first kappa shape index (κ1) is 22.0. The van der Waals surface area contributed by atoms with Crippen molar-refractivity contribution in [2.24, 2.45) is 5.92 Å². The number of benzene rings is 2. The summed E-state index contributed by atoms with van der Waals surface area (Å²) in [6, 6.07) is 8.83. The normalized spacial score (nSPS) is 14.5. The Kier molecular flexibility index (Phi) is 5.35. The van der Waals surface area contributed by atoms with Crippen molar-refractivity contribution >= 4 is 5.91 Å². The summed E-state index contributed by atoms with van der Waals surface area (Å²) < 4.78 is 29.0. The molecule has 0 atom stereocenters. The van der Waals surface area contributed by atoms with E-state index in [4.69, 9.17) is 0 Å². The molecule has 2 aromatic carbocycles. The van der Waals surface area contributed by atoms with Crippen LogP contribution in [0, 0.1) is 17.6 Å². The van der Waals surface area contributed by atoms with Crippen LogP contribution in [0.1, 0.15) is 63.6 Å². The van der Waals surface area contributed by atoms with E-state index in [0.29, 0.717) is 34.1 Å². The third-order valence-electron chi connectivity index (χ3n) is 5.85. The molecule has 1 saturated carbocycles. The third-order valence-corrected chi connectivity index (χ3v) is 5.85. The maximum Gasteiger partial charge on any atom is 0.251 e. The molecule has 32 heavy (non-hydrogen) atoms. The first-order chi connectivity index (χ1) is 15.0. The van der Waals surface area contributed by atoms with Crippen molar-refractivity contribution in [1.82, 2.24) is 25.5 Å². The van der Waals surface area contributed by atoms with Crippen molar-refractivity contribution in [2.45, 2.75) is 58.4 Å². The van der Waals surface area contributed by atoms with Crippen molar-refractivity contribution in [3.63, 3.8) is 0 Å². The largest absolute Gasteiger partial charge is 0.347 e. The van der Waals surface area contributed by atoms with Gasteiger partial charge in [-0.15, -0.1) is 5.10 Å². The maximum absolute atomic E-state index is 13.9. The van der Waals surface area contributed by atoms with E-state index in [0.717, 1.165) is 25.0 Å². The Bertz CT molecular complexity index is 1180. The van der Waals surface area contributed by atoms with E-state index in [1.807, 2.05) is 34.6 Å². The fourth-order valence-corrected chi connectivity index (χ4v) is 3.81. The van der Waals surface area contributed by atoms with Gasteiger partial charge in [0.2, 0.25) is 0 Å². The predicted octanol–water partition coefficient (Wildman–Crippen LogP) is 4.82. The molecule has 1 fully saturated rings. The van der Waals surface area contributed by atoms with E-state index in [-0.39, 0.29) is 16.9 Å². The van der Waals surface area contributed by atoms with Gasteiger partial charge in [0.15, 0.2) is 17.5 Å². The molecule has 8 heteroatoms. The monoisotopic (exact) mass is 439 g/mol. The lowest BCUT2D eigenvalue weighted by Crippen LogP contribution is -2.45. The lowest BCUT2D eigenvalue weighted by molar-refractivity contribution is 0.0903. The number of nitrogens with zero attached hydrogens (tertiary/aromatic N) is 4. The highest BCUT2D eigenvalue weighted by molar-refractivity contribution is 5.96. The second kappa shape index (κ2) is 7.76. The standard InChI is InChI=1S/C24H27F2N5O/c1-23(2,3)22-28-29-30-31(22)18-11-15(14-6-9-19(25)20(26)13-14)10-16(12-18)21(32)27-24(4,5)17-7-8-17/h6,9-13,17H,7-8H2,1-5H3,(H,27,32). The van der Waals surface area contributed by atoms with Crippen LogP contribution >= 0.6 is 0 Å². The van der Waals surface area contributed by atoms with Crippen LogP contribution in [0.5, 0.6) is 0 Å². The quantitative estimate of drug-likeness (QED) is 0.618. The second-order valence-corrected chi connectivity index (χ2v) is 10.0. The number of tetrazole rings is 1. The lowest BCUT2D eigenvalue weighted by Gasteiger charge is -2.26. The van der Waals surface area contributed by atoms with Gasteiger partial charge in [-0.25, -0.2) is 8.78 Å². The topological polar surface area (TPSA) is 72.7 Å². The lowest BCUT2D eigenvalue weighted by atomic mass is 9.95. The summed E-state index contributed by atoms with van der Waals surface area (Å²) in [6.07, 6.45) is 2.18. The molecule has 6 nitrogen and oxygen atoms in total. The number of hydrogen-bond donors (Lipinski definition) is 1. The fraction of sp³-hybridized carbons (Fsp3) is 0.417. The predicted molar refractivity (Wildman–Crippen MR) is 117 cm³/mol. The summed E-state index contributed by atoms with van der Waals surface area (Å²) in [6.45, 7) is 9.99. The van der Waals surface area contributed by atoms with Gasteiger partial charge in [-0.05, 0) is 84.5 Å². The molecule has 1 aromatic heterocycles. The molecule has 4 rings (SSSR count). The van der Waals surface area contributed by atoms with Crippen LogP contribution in [0.4, 0.5) is 8.78 Å². The van der Waals surface area contributed by atoms with Gasteiger partial charge < -0.3 is 5.32 Å². The minimum atomic E-state index is -0.952. The highest BCUT2D eigenvalue weighted by Crippen LogP contribution is 2.39. The Hall–Kier alpha value is -3.16. The molecule has 1 aliphatic carbocycles. The van der Waals surface area contributed by atoms with Crippen LogP contribution < -0.4 is 5.32 Å². The molecule has 0 saturated heterocycles. The average Bonchev–Trinajstić information content (AvgIpc) is 3.46. The summed E-state index contributed by atoms with van der Waals surface area (Å²) >= 11 is 0. The minimum Gasteiger partial charge on any atom is -0.347 e.